The molecular weight excluding hydrogens is 649 g/mol. The van der Waals surface area contributed by atoms with Gasteiger partial charge in [0.15, 0.2) is 5.58 Å². The Labute approximate surface area is 304 Å². The number of nitrogens with zero attached hydrogens (tertiary/aromatic N) is 3. The summed E-state index contributed by atoms with van der Waals surface area (Å²) in [7, 11) is 0. The van der Waals surface area contributed by atoms with E-state index >= 15 is 0 Å². The Morgan fingerprint density at radius 2 is 1.30 bits per heavy atom. The van der Waals surface area contributed by atoms with Gasteiger partial charge in [0.1, 0.15) is 22.4 Å². The minimum Gasteiger partial charge on any atom is -0.457 e. The van der Waals surface area contributed by atoms with Crippen molar-refractivity contribution < 1.29 is 8.83 Å². The highest BCUT2D eigenvalue weighted by molar-refractivity contribution is 7.01. The minimum atomic E-state index is 0.00692. The van der Waals surface area contributed by atoms with Crippen LogP contribution in [0.15, 0.2) is 118 Å². The van der Waals surface area contributed by atoms with Crippen molar-refractivity contribution in [1.82, 2.24) is 14.1 Å². The third-order valence-electron chi connectivity index (χ3n) is 12.0. The summed E-state index contributed by atoms with van der Waals surface area (Å²) in [5.41, 5.74) is 17.5. The van der Waals surface area contributed by atoms with Crippen LogP contribution in [0.3, 0.4) is 0 Å². The Kier molecular flexibility index (Phi) is 5.42. The maximum Gasteiger partial charge on any atom is 0.247 e. The molecule has 6 aromatic carbocycles. The highest BCUT2D eigenvalue weighted by Crippen LogP contribution is 2.40. The molecule has 0 atom stereocenters. The highest BCUT2D eigenvalue weighted by Gasteiger charge is 2.40. The van der Waals surface area contributed by atoms with Crippen molar-refractivity contribution in [2.45, 2.75) is 27.7 Å². The van der Waals surface area contributed by atoms with E-state index in [1.54, 1.807) is 0 Å². The van der Waals surface area contributed by atoms with E-state index in [0.717, 1.165) is 71.3 Å². The Hall–Kier alpha value is -6.53. The van der Waals surface area contributed by atoms with Crippen LogP contribution in [-0.4, -0.2) is 20.8 Å². The molecule has 250 valence electrons. The molecular formula is C47H32BN3O2. The van der Waals surface area contributed by atoms with Crippen LogP contribution in [0.1, 0.15) is 23.6 Å². The van der Waals surface area contributed by atoms with Crippen LogP contribution in [-0.2, 0) is 0 Å². The average Bonchev–Trinajstić information content (AvgIpc) is 3.90. The number of para-hydroxylation sites is 3. The zero-order chi connectivity index (χ0) is 35.4. The van der Waals surface area contributed by atoms with E-state index < -0.39 is 0 Å². The fourth-order valence-electron chi connectivity index (χ4n) is 9.91. The maximum absolute atomic E-state index is 6.87. The van der Waals surface area contributed by atoms with E-state index in [4.69, 9.17) is 13.8 Å². The summed E-state index contributed by atoms with van der Waals surface area (Å²) in [4.78, 5) is 5.42. The lowest BCUT2D eigenvalue weighted by Gasteiger charge is -2.33. The monoisotopic (exact) mass is 681 g/mol. The highest BCUT2D eigenvalue weighted by atomic mass is 16.3. The molecule has 0 radical (unpaired) electrons. The van der Waals surface area contributed by atoms with E-state index in [-0.39, 0.29) is 6.71 Å². The van der Waals surface area contributed by atoms with Crippen molar-refractivity contribution in [1.29, 1.82) is 0 Å². The predicted octanol–water partition coefficient (Wildman–Crippen LogP) is 8.55. The summed E-state index contributed by atoms with van der Waals surface area (Å²) in [6.45, 7) is 13.4. The molecule has 0 unspecified atom stereocenters. The lowest BCUT2D eigenvalue weighted by atomic mass is 9.34. The van der Waals surface area contributed by atoms with Crippen molar-refractivity contribution in [2.24, 2.45) is 0 Å². The molecule has 0 aliphatic carbocycles. The number of aryl methyl sites for hydroxylation is 3. The third-order valence-corrected chi connectivity index (χ3v) is 12.0. The van der Waals surface area contributed by atoms with Crippen LogP contribution >= 0.6 is 0 Å². The van der Waals surface area contributed by atoms with Crippen LogP contribution in [0.5, 0.6) is 0 Å². The second kappa shape index (κ2) is 9.87. The van der Waals surface area contributed by atoms with Crippen molar-refractivity contribution >= 4 is 84.5 Å². The topological polar surface area (TPSA) is 49.0 Å². The fourth-order valence-corrected chi connectivity index (χ4v) is 9.91. The quantitative estimate of drug-likeness (QED) is 0.163. The molecule has 0 amide bonds. The van der Waals surface area contributed by atoms with Gasteiger partial charge >= 0.3 is 0 Å². The van der Waals surface area contributed by atoms with E-state index in [1.807, 2.05) is 18.2 Å². The number of hydrogen-bond donors (Lipinski definition) is 0. The Morgan fingerprint density at radius 1 is 0.623 bits per heavy atom. The van der Waals surface area contributed by atoms with Crippen LogP contribution in [0.4, 0.5) is 0 Å². The summed E-state index contributed by atoms with van der Waals surface area (Å²) < 4.78 is 18.2. The second-order valence-electron chi connectivity index (χ2n) is 15.0. The summed E-state index contributed by atoms with van der Waals surface area (Å²) in [6.07, 6.45) is 0. The molecule has 0 saturated heterocycles. The first kappa shape index (κ1) is 29.1. The molecule has 4 aromatic heterocycles. The zero-order valence-corrected chi connectivity index (χ0v) is 29.8. The van der Waals surface area contributed by atoms with Crippen LogP contribution in [0.2, 0.25) is 0 Å². The van der Waals surface area contributed by atoms with Crippen molar-refractivity contribution in [3.8, 4) is 22.8 Å². The lowest BCUT2D eigenvalue weighted by Crippen LogP contribution is -2.55. The smallest absolute Gasteiger partial charge is 0.247 e. The number of imidazole rings is 1. The third kappa shape index (κ3) is 3.51. The minimum absolute atomic E-state index is 0.00692. The van der Waals surface area contributed by atoms with Gasteiger partial charge in [0, 0.05) is 54.3 Å². The number of hydrogen-bond acceptors (Lipinski definition) is 3. The van der Waals surface area contributed by atoms with Crippen molar-refractivity contribution in [3.05, 3.63) is 147 Å². The van der Waals surface area contributed by atoms with Gasteiger partial charge in [-0.1, -0.05) is 84.8 Å². The molecule has 12 rings (SSSR count). The molecule has 0 spiro atoms. The van der Waals surface area contributed by atoms with Crippen LogP contribution in [0, 0.1) is 31.2 Å². The molecule has 6 heterocycles. The van der Waals surface area contributed by atoms with Crippen molar-refractivity contribution in [2.75, 3.05) is 0 Å². The first-order valence-corrected chi connectivity index (χ1v) is 18.3. The van der Waals surface area contributed by atoms with E-state index in [2.05, 4.69) is 134 Å². The van der Waals surface area contributed by atoms with Gasteiger partial charge in [-0.15, -0.1) is 0 Å². The first-order chi connectivity index (χ1) is 25.9. The molecule has 0 N–H and O–H groups in total. The van der Waals surface area contributed by atoms with Gasteiger partial charge in [0.2, 0.25) is 6.71 Å². The summed E-state index contributed by atoms with van der Waals surface area (Å²) in [5, 5.41) is 7.72. The van der Waals surface area contributed by atoms with Gasteiger partial charge in [-0.05, 0) is 91.7 Å². The molecule has 6 heteroatoms. The molecule has 53 heavy (non-hydrogen) atoms. The molecule has 0 saturated carbocycles. The van der Waals surface area contributed by atoms with E-state index in [0.29, 0.717) is 5.42 Å². The van der Waals surface area contributed by atoms with Crippen LogP contribution < -0.4 is 21.7 Å². The van der Waals surface area contributed by atoms with Gasteiger partial charge in [0.05, 0.1) is 16.6 Å². The standard InChI is InChI=1S/C47H32BN3O2/c1-24-22-35-42-36(23-24)51-45-33(16-11-17-34(45)49-47(51)39-25(2)12-10-13-26(39)3)48(42)27(4)43-41(40-28(5)52-38-19-9-7-15-31(38)40)32-21-20-30-29-14-6-8-18-37(29)53-46(30)44(32)50(35)43/h6-23H,5H2,1-4H3/b41-40+. The van der Waals surface area contributed by atoms with Gasteiger partial charge in [-0.25, -0.2) is 4.98 Å². The molecule has 2 aliphatic rings. The van der Waals surface area contributed by atoms with Gasteiger partial charge in [-0.3, -0.25) is 4.57 Å². The largest absolute Gasteiger partial charge is 0.457 e. The summed E-state index contributed by atoms with van der Waals surface area (Å²) >= 11 is 0. The fraction of sp³-hybridized carbons (Fsp3) is 0.0851. The van der Waals surface area contributed by atoms with Gasteiger partial charge in [-0.2, -0.15) is 0 Å². The SMILES string of the molecule is C=c1oc2ccccc2/c1=c1/c2n(c3c1ccc1c4ccccc4oc13)-c1cc(C)cc3c1B(C=2C)c1cccc2nc(-c4c(C)cccc4C)n-3c12. The molecule has 2 aliphatic heterocycles. The van der Waals surface area contributed by atoms with Gasteiger partial charge in [0.25, 0.3) is 0 Å². The summed E-state index contributed by atoms with van der Waals surface area (Å²) in [5.74, 6) is 0.988. The number of aromatic nitrogens is 3. The predicted molar refractivity (Wildman–Crippen MR) is 218 cm³/mol. The van der Waals surface area contributed by atoms with E-state index in [9.17, 15) is 0 Å². The normalized spacial score (nSPS) is 14.0. The number of fused-ring (bicyclic) bond motifs is 11. The number of rotatable bonds is 1. The number of furan rings is 2. The average molecular weight is 682 g/mol. The second-order valence-corrected chi connectivity index (χ2v) is 15.0. The number of benzene rings is 6. The maximum atomic E-state index is 6.87. The Morgan fingerprint density at radius 3 is 2.09 bits per heavy atom. The molecule has 5 nitrogen and oxygen atoms in total. The van der Waals surface area contributed by atoms with Crippen LogP contribution in [0.25, 0.3) is 89.7 Å². The Balaban J connectivity index is 1.37. The molecule has 0 bridgehead atoms. The first-order valence-electron chi connectivity index (χ1n) is 18.3. The van der Waals surface area contributed by atoms with Crippen molar-refractivity contribution in [3.63, 3.8) is 0 Å². The molecule has 0 fully saturated rings. The Bertz CT molecular complexity index is 3520. The summed E-state index contributed by atoms with van der Waals surface area (Å²) in [6, 6.07) is 39.1. The van der Waals surface area contributed by atoms with Gasteiger partial charge < -0.3 is 13.4 Å². The van der Waals surface area contributed by atoms with E-state index in [1.165, 1.54) is 55.2 Å². The molecule has 10 aromatic rings. The lowest BCUT2D eigenvalue weighted by molar-refractivity contribution is 0.577. The zero-order valence-electron chi connectivity index (χ0n) is 29.8.